The lowest BCUT2D eigenvalue weighted by Gasteiger charge is -2.03. The number of H-pyrrole nitrogens is 1. The standard InChI is InChI=1S/C10H15N3OS/c1-7-6-13(10(15)11-7)5-4-9(14)12-8-2-3-8/h6,8H,2-5H2,1H3,(H,11,15)(H,12,14). The van der Waals surface area contributed by atoms with Gasteiger partial charge in [-0.2, -0.15) is 0 Å². The first-order chi connectivity index (χ1) is 7.15. The number of carbonyl (C=O) groups is 1. The molecule has 1 aliphatic carbocycles. The van der Waals surface area contributed by atoms with E-state index in [1.807, 2.05) is 17.7 Å². The van der Waals surface area contributed by atoms with Gasteiger partial charge < -0.3 is 14.9 Å². The third-order valence-corrected chi connectivity index (χ3v) is 2.77. The monoisotopic (exact) mass is 225 g/mol. The van der Waals surface area contributed by atoms with Crippen LogP contribution in [0.2, 0.25) is 0 Å². The van der Waals surface area contributed by atoms with Crippen LogP contribution in [-0.2, 0) is 11.3 Å². The predicted octanol–water partition coefficient (Wildman–Crippen LogP) is 1.52. The highest BCUT2D eigenvalue weighted by Gasteiger charge is 2.22. The lowest BCUT2D eigenvalue weighted by molar-refractivity contribution is -0.121. The molecule has 0 spiro atoms. The number of hydrogen-bond donors (Lipinski definition) is 2. The minimum Gasteiger partial charge on any atom is -0.353 e. The van der Waals surface area contributed by atoms with E-state index in [1.54, 1.807) is 0 Å². The van der Waals surface area contributed by atoms with Crippen molar-refractivity contribution in [3.8, 4) is 0 Å². The SMILES string of the molecule is Cc1cn(CCC(=O)NC2CC2)c(=S)[nH]1. The van der Waals surface area contributed by atoms with E-state index in [1.165, 1.54) is 0 Å². The molecule has 0 radical (unpaired) electrons. The lowest BCUT2D eigenvalue weighted by Crippen LogP contribution is -2.26. The Morgan fingerprint density at radius 2 is 2.47 bits per heavy atom. The average molecular weight is 225 g/mol. The molecule has 82 valence electrons. The van der Waals surface area contributed by atoms with Crippen LogP contribution in [0.15, 0.2) is 6.20 Å². The molecule has 1 aromatic heterocycles. The summed E-state index contributed by atoms with van der Waals surface area (Å²) in [5.41, 5.74) is 1.03. The normalized spacial score (nSPS) is 15.3. The fourth-order valence-electron chi connectivity index (χ4n) is 1.48. The maximum atomic E-state index is 11.4. The summed E-state index contributed by atoms with van der Waals surface area (Å²) < 4.78 is 2.59. The number of imidazole rings is 1. The van der Waals surface area contributed by atoms with Crippen molar-refractivity contribution < 1.29 is 4.79 Å². The number of amides is 1. The molecule has 5 heteroatoms. The largest absolute Gasteiger partial charge is 0.353 e. The van der Waals surface area contributed by atoms with E-state index < -0.39 is 0 Å². The van der Waals surface area contributed by atoms with Crippen molar-refractivity contribution in [3.63, 3.8) is 0 Å². The van der Waals surface area contributed by atoms with Gasteiger partial charge in [-0.1, -0.05) is 0 Å². The fourth-order valence-corrected chi connectivity index (χ4v) is 1.79. The Labute approximate surface area is 93.7 Å². The van der Waals surface area contributed by atoms with E-state index in [4.69, 9.17) is 12.2 Å². The van der Waals surface area contributed by atoms with E-state index in [0.29, 0.717) is 23.8 Å². The molecule has 1 amide bonds. The van der Waals surface area contributed by atoms with Crippen molar-refractivity contribution in [1.29, 1.82) is 0 Å². The number of carbonyl (C=O) groups excluding carboxylic acids is 1. The topological polar surface area (TPSA) is 49.8 Å². The van der Waals surface area contributed by atoms with Gasteiger partial charge in [-0.05, 0) is 32.0 Å². The van der Waals surface area contributed by atoms with Crippen LogP contribution in [0.5, 0.6) is 0 Å². The van der Waals surface area contributed by atoms with Gasteiger partial charge in [0.2, 0.25) is 5.91 Å². The number of aryl methyl sites for hydroxylation is 2. The van der Waals surface area contributed by atoms with Crippen LogP contribution in [0, 0.1) is 11.7 Å². The number of nitrogens with one attached hydrogen (secondary N) is 2. The Kier molecular flexibility index (Phi) is 2.90. The summed E-state index contributed by atoms with van der Waals surface area (Å²) in [6.07, 6.45) is 4.71. The molecule has 2 rings (SSSR count). The summed E-state index contributed by atoms with van der Waals surface area (Å²) in [6.45, 7) is 2.61. The van der Waals surface area contributed by atoms with Crippen LogP contribution in [0.25, 0.3) is 0 Å². The van der Waals surface area contributed by atoms with Crippen molar-refractivity contribution >= 4 is 18.1 Å². The second-order valence-electron chi connectivity index (χ2n) is 4.03. The highest BCUT2D eigenvalue weighted by Crippen LogP contribution is 2.18. The Bertz CT molecular complexity index is 417. The smallest absolute Gasteiger partial charge is 0.222 e. The van der Waals surface area contributed by atoms with E-state index in [-0.39, 0.29) is 5.91 Å². The van der Waals surface area contributed by atoms with Gasteiger partial charge in [0.15, 0.2) is 4.77 Å². The van der Waals surface area contributed by atoms with Gasteiger partial charge in [-0.3, -0.25) is 4.79 Å². The first kappa shape index (κ1) is 10.4. The maximum Gasteiger partial charge on any atom is 0.222 e. The molecule has 1 aliphatic rings. The van der Waals surface area contributed by atoms with Crippen LogP contribution in [0.4, 0.5) is 0 Å². The molecule has 0 bridgehead atoms. The average Bonchev–Trinajstić information content (AvgIpc) is 2.89. The molecule has 2 N–H and O–H groups in total. The second kappa shape index (κ2) is 4.18. The Balaban J connectivity index is 1.83. The van der Waals surface area contributed by atoms with Crippen molar-refractivity contribution in [1.82, 2.24) is 14.9 Å². The highest BCUT2D eigenvalue weighted by molar-refractivity contribution is 7.71. The quantitative estimate of drug-likeness (QED) is 0.763. The van der Waals surface area contributed by atoms with Crippen LogP contribution >= 0.6 is 12.2 Å². The van der Waals surface area contributed by atoms with Gasteiger partial charge in [-0.25, -0.2) is 0 Å². The summed E-state index contributed by atoms with van der Waals surface area (Å²) in [4.78, 5) is 14.4. The summed E-state index contributed by atoms with van der Waals surface area (Å²) in [5, 5.41) is 2.95. The molecule has 0 aromatic carbocycles. The number of rotatable bonds is 4. The molecule has 15 heavy (non-hydrogen) atoms. The van der Waals surface area contributed by atoms with Crippen LogP contribution in [0.3, 0.4) is 0 Å². The van der Waals surface area contributed by atoms with Crippen molar-refractivity contribution in [2.24, 2.45) is 0 Å². The van der Waals surface area contributed by atoms with E-state index in [0.717, 1.165) is 18.5 Å². The molecule has 0 aliphatic heterocycles. The minimum atomic E-state index is 0.123. The zero-order valence-corrected chi connectivity index (χ0v) is 9.56. The zero-order valence-electron chi connectivity index (χ0n) is 8.75. The first-order valence-corrected chi connectivity index (χ1v) is 5.61. The van der Waals surface area contributed by atoms with Crippen molar-refractivity contribution in [2.45, 2.75) is 38.8 Å². The van der Waals surface area contributed by atoms with Gasteiger partial charge >= 0.3 is 0 Å². The molecular weight excluding hydrogens is 210 g/mol. The Morgan fingerprint density at radius 1 is 1.73 bits per heavy atom. The lowest BCUT2D eigenvalue weighted by atomic mass is 10.4. The summed E-state index contributed by atoms with van der Waals surface area (Å²) in [6, 6.07) is 0.443. The predicted molar refractivity (Wildman–Crippen MR) is 60.1 cm³/mol. The molecular formula is C10H15N3OS. The Morgan fingerprint density at radius 3 is 3.00 bits per heavy atom. The molecule has 1 fully saturated rings. The molecule has 1 aromatic rings. The van der Waals surface area contributed by atoms with E-state index in [2.05, 4.69) is 10.3 Å². The molecule has 1 saturated carbocycles. The van der Waals surface area contributed by atoms with Crippen molar-refractivity contribution in [3.05, 3.63) is 16.7 Å². The van der Waals surface area contributed by atoms with Gasteiger partial charge in [0.25, 0.3) is 0 Å². The van der Waals surface area contributed by atoms with E-state index in [9.17, 15) is 4.79 Å². The number of hydrogen-bond acceptors (Lipinski definition) is 2. The van der Waals surface area contributed by atoms with Crippen molar-refractivity contribution in [2.75, 3.05) is 0 Å². The third kappa shape index (κ3) is 2.92. The van der Waals surface area contributed by atoms with Crippen LogP contribution in [-0.4, -0.2) is 21.5 Å². The van der Waals surface area contributed by atoms with Gasteiger partial charge in [-0.15, -0.1) is 0 Å². The summed E-state index contributed by atoms with van der Waals surface area (Å²) >= 11 is 5.10. The van der Waals surface area contributed by atoms with Crippen LogP contribution < -0.4 is 5.32 Å². The number of nitrogens with zero attached hydrogens (tertiary/aromatic N) is 1. The Hall–Kier alpha value is -1.10. The highest BCUT2D eigenvalue weighted by atomic mass is 32.1. The number of aromatic nitrogens is 2. The number of aromatic amines is 1. The van der Waals surface area contributed by atoms with Crippen LogP contribution in [0.1, 0.15) is 25.0 Å². The van der Waals surface area contributed by atoms with E-state index >= 15 is 0 Å². The molecule has 0 unspecified atom stereocenters. The second-order valence-corrected chi connectivity index (χ2v) is 4.41. The zero-order chi connectivity index (χ0) is 10.8. The molecule has 1 heterocycles. The summed E-state index contributed by atoms with van der Waals surface area (Å²) in [5.74, 6) is 0.123. The minimum absolute atomic E-state index is 0.123. The molecule has 4 nitrogen and oxygen atoms in total. The molecule has 0 saturated heterocycles. The van der Waals surface area contributed by atoms with Gasteiger partial charge in [0.05, 0.1) is 0 Å². The van der Waals surface area contributed by atoms with Gasteiger partial charge in [0.1, 0.15) is 0 Å². The fraction of sp³-hybridized carbons (Fsp3) is 0.600. The maximum absolute atomic E-state index is 11.4. The molecule has 0 atom stereocenters. The third-order valence-electron chi connectivity index (χ3n) is 2.44. The first-order valence-electron chi connectivity index (χ1n) is 5.20. The van der Waals surface area contributed by atoms with Gasteiger partial charge in [0, 0.05) is 30.9 Å². The summed E-state index contributed by atoms with van der Waals surface area (Å²) in [7, 11) is 0.